The Morgan fingerprint density at radius 1 is 1.34 bits per heavy atom. The third kappa shape index (κ3) is 3.46. The van der Waals surface area contributed by atoms with Gasteiger partial charge in [-0.25, -0.2) is 4.79 Å². The van der Waals surface area contributed by atoms with E-state index in [0.717, 1.165) is 19.3 Å². The van der Waals surface area contributed by atoms with Gasteiger partial charge < -0.3 is 19.5 Å². The predicted octanol–water partition coefficient (Wildman–Crippen LogP) is 2.05. The van der Waals surface area contributed by atoms with Gasteiger partial charge >= 0.3 is 12.1 Å². The fourth-order valence-corrected chi connectivity index (χ4v) is 5.88. The number of aliphatic hydroxyl groups excluding tert-OH is 1. The molecule has 1 amide bonds. The maximum absolute atomic E-state index is 12.7. The minimum atomic E-state index is -0.569. The lowest BCUT2D eigenvalue weighted by Crippen LogP contribution is -2.56. The van der Waals surface area contributed by atoms with Gasteiger partial charge in [0.25, 0.3) is 0 Å². The van der Waals surface area contributed by atoms with Crippen molar-refractivity contribution in [3.8, 4) is 0 Å². The van der Waals surface area contributed by atoms with Gasteiger partial charge in [0.15, 0.2) is 0 Å². The quantitative estimate of drug-likeness (QED) is 0.571. The van der Waals surface area contributed by atoms with Crippen LogP contribution < -0.4 is 0 Å². The first-order valence-corrected chi connectivity index (χ1v) is 11.1. The fourth-order valence-electron chi connectivity index (χ4n) is 5.88. The lowest BCUT2D eigenvalue weighted by Gasteiger charge is -2.52. The fraction of sp³-hybridized carbons (Fsp3) is 0.818. The van der Waals surface area contributed by atoms with Crippen LogP contribution in [0.2, 0.25) is 0 Å². The molecule has 0 unspecified atom stereocenters. The van der Waals surface area contributed by atoms with Gasteiger partial charge in [-0.15, -0.1) is 0 Å². The number of rotatable bonds is 3. The van der Waals surface area contributed by atoms with Crippen LogP contribution in [0.15, 0.2) is 11.6 Å². The van der Waals surface area contributed by atoms with Crippen LogP contribution >= 0.6 is 0 Å². The van der Waals surface area contributed by atoms with Gasteiger partial charge in [-0.1, -0.05) is 25.5 Å². The lowest BCUT2D eigenvalue weighted by atomic mass is 9.55. The summed E-state index contributed by atoms with van der Waals surface area (Å²) in [5.41, 5.74) is 0.996. The van der Waals surface area contributed by atoms with Crippen molar-refractivity contribution in [1.29, 1.82) is 0 Å². The number of aliphatic hydroxyl groups is 1. The van der Waals surface area contributed by atoms with Crippen molar-refractivity contribution in [2.24, 2.45) is 23.2 Å². The number of carbonyl (C=O) groups is 2. The van der Waals surface area contributed by atoms with Crippen molar-refractivity contribution >= 4 is 12.1 Å². The second-order valence-electron chi connectivity index (χ2n) is 9.29. The van der Waals surface area contributed by atoms with E-state index >= 15 is 0 Å². The molecule has 1 saturated carbocycles. The van der Waals surface area contributed by atoms with Gasteiger partial charge in [0.05, 0.1) is 18.6 Å². The molecule has 1 N–H and O–H groups in total. The van der Waals surface area contributed by atoms with Crippen molar-refractivity contribution in [1.82, 2.24) is 9.80 Å². The molecule has 4 rings (SSSR count). The van der Waals surface area contributed by atoms with E-state index in [4.69, 9.17) is 9.47 Å². The molecule has 7 heteroatoms. The second kappa shape index (κ2) is 7.91. The first kappa shape index (κ1) is 20.7. The summed E-state index contributed by atoms with van der Waals surface area (Å²) in [7, 11) is 0. The molecule has 0 aromatic carbocycles. The molecule has 0 aromatic heterocycles. The van der Waals surface area contributed by atoms with Crippen LogP contribution in [0.4, 0.5) is 4.79 Å². The van der Waals surface area contributed by atoms with Crippen molar-refractivity contribution in [3.63, 3.8) is 0 Å². The van der Waals surface area contributed by atoms with Gasteiger partial charge in [-0.3, -0.25) is 9.69 Å². The van der Waals surface area contributed by atoms with E-state index in [1.807, 2.05) is 0 Å². The van der Waals surface area contributed by atoms with Crippen LogP contribution in [0.5, 0.6) is 0 Å². The number of esters is 1. The van der Waals surface area contributed by atoms with E-state index in [9.17, 15) is 14.7 Å². The van der Waals surface area contributed by atoms with Crippen LogP contribution in [-0.4, -0.2) is 78.5 Å². The molecule has 6 atom stereocenters. The molecule has 2 saturated heterocycles. The van der Waals surface area contributed by atoms with Crippen molar-refractivity contribution in [3.05, 3.63) is 11.6 Å². The maximum atomic E-state index is 12.7. The SMILES string of the molecule is CCOC(=O)N1CCN(C[C@@H]2C(=O)O[C@H]3CC4=CCC[C@H](C)[C@]4(C)[C@H](O)[C@@H]32)CC1. The minimum absolute atomic E-state index is 0.159. The van der Waals surface area contributed by atoms with E-state index < -0.39 is 6.10 Å². The second-order valence-corrected chi connectivity index (χ2v) is 9.29. The summed E-state index contributed by atoms with van der Waals surface area (Å²) < 4.78 is 10.8. The Kier molecular flexibility index (Phi) is 5.64. The molecule has 3 fully saturated rings. The number of allylic oxidation sites excluding steroid dienone is 1. The Labute approximate surface area is 173 Å². The van der Waals surface area contributed by atoms with E-state index in [0.29, 0.717) is 45.2 Å². The average Bonchev–Trinajstić information content (AvgIpc) is 3.00. The Morgan fingerprint density at radius 2 is 2.07 bits per heavy atom. The molecule has 2 heterocycles. The Balaban J connectivity index is 1.44. The zero-order chi connectivity index (χ0) is 20.8. The number of hydrogen-bond donors (Lipinski definition) is 1. The van der Waals surface area contributed by atoms with Gasteiger partial charge in [-0.2, -0.15) is 0 Å². The molecule has 0 radical (unpaired) electrons. The topological polar surface area (TPSA) is 79.3 Å². The van der Waals surface area contributed by atoms with Gasteiger partial charge in [-0.05, 0) is 25.7 Å². The first-order chi connectivity index (χ1) is 13.9. The number of fused-ring (bicyclic) bond motifs is 2. The Bertz CT molecular complexity index is 687. The van der Waals surface area contributed by atoms with E-state index in [1.165, 1.54) is 5.57 Å². The minimum Gasteiger partial charge on any atom is -0.461 e. The third-order valence-corrected chi connectivity index (χ3v) is 7.92. The predicted molar refractivity (Wildman–Crippen MR) is 107 cm³/mol. The summed E-state index contributed by atoms with van der Waals surface area (Å²) in [6.07, 6.45) is 4.07. The van der Waals surface area contributed by atoms with Crippen LogP contribution in [-0.2, 0) is 14.3 Å². The van der Waals surface area contributed by atoms with E-state index in [1.54, 1.807) is 11.8 Å². The van der Waals surface area contributed by atoms with E-state index in [2.05, 4.69) is 24.8 Å². The van der Waals surface area contributed by atoms with Gasteiger partial charge in [0, 0.05) is 50.5 Å². The highest BCUT2D eigenvalue weighted by Crippen LogP contribution is 2.56. The normalized spacial score (nSPS) is 40.0. The largest absolute Gasteiger partial charge is 0.461 e. The molecule has 7 nitrogen and oxygen atoms in total. The maximum Gasteiger partial charge on any atom is 0.409 e. The molecule has 162 valence electrons. The standard InChI is InChI=1S/C22H34N2O5/c1-4-28-21(27)24-10-8-23(9-11-24)13-16-18-17(29-20(16)26)12-15-7-5-6-14(2)22(15,3)19(18)25/h7,14,16-19,25H,4-6,8-13H2,1-3H3/t14-,16-,17-,18+,19+,22-/m0/s1. The first-order valence-electron chi connectivity index (χ1n) is 11.1. The molecular weight excluding hydrogens is 372 g/mol. The molecule has 0 aromatic rings. The van der Waals surface area contributed by atoms with Crippen molar-refractivity contribution in [2.45, 2.75) is 52.2 Å². The van der Waals surface area contributed by atoms with Crippen molar-refractivity contribution in [2.75, 3.05) is 39.3 Å². The van der Waals surface area contributed by atoms with Gasteiger partial charge in [0.2, 0.25) is 0 Å². The summed E-state index contributed by atoms with van der Waals surface area (Å²) >= 11 is 0. The number of ether oxygens (including phenoxy) is 2. The lowest BCUT2D eigenvalue weighted by molar-refractivity contribution is -0.145. The summed E-state index contributed by atoms with van der Waals surface area (Å²) in [5, 5.41) is 11.4. The number of hydrogen-bond acceptors (Lipinski definition) is 6. The average molecular weight is 407 g/mol. The molecule has 29 heavy (non-hydrogen) atoms. The Hall–Kier alpha value is -1.60. The molecular formula is C22H34N2O5. The van der Waals surface area contributed by atoms with Gasteiger partial charge in [0.1, 0.15) is 6.10 Å². The molecule has 0 spiro atoms. The monoisotopic (exact) mass is 406 g/mol. The number of piperazine rings is 1. The summed E-state index contributed by atoms with van der Waals surface area (Å²) in [4.78, 5) is 28.6. The van der Waals surface area contributed by atoms with Crippen LogP contribution in [0.3, 0.4) is 0 Å². The van der Waals surface area contributed by atoms with Crippen LogP contribution in [0.25, 0.3) is 0 Å². The smallest absolute Gasteiger partial charge is 0.409 e. The summed E-state index contributed by atoms with van der Waals surface area (Å²) in [5.74, 6) is -0.254. The van der Waals surface area contributed by atoms with E-state index in [-0.39, 0.29) is 35.4 Å². The van der Waals surface area contributed by atoms with Crippen LogP contribution in [0, 0.1) is 23.2 Å². The molecule has 4 aliphatic rings. The highest BCUT2D eigenvalue weighted by molar-refractivity contribution is 5.76. The highest BCUT2D eigenvalue weighted by Gasteiger charge is 2.59. The van der Waals surface area contributed by atoms with Crippen molar-refractivity contribution < 1.29 is 24.2 Å². The molecule has 0 bridgehead atoms. The Morgan fingerprint density at radius 3 is 2.76 bits per heavy atom. The summed E-state index contributed by atoms with van der Waals surface area (Å²) in [6.45, 7) is 9.75. The number of nitrogens with zero attached hydrogens (tertiary/aromatic N) is 2. The zero-order valence-corrected chi connectivity index (χ0v) is 17.8. The number of carbonyl (C=O) groups excluding carboxylic acids is 2. The third-order valence-electron chi connectivity index (χ3n) is 7.92. The summed E-state index contributed by atoms with van der Waals surface area (Å²) in [6, 6.07) is 0. The van der Waals surface area contributed by atoms with Crippen LogP contribution in [0.1, 0.15) is 40.0 Å². The zero-order valence-electron chi connectivity index (χ0n) is 17.8. The molecule has 2 aliphatic carbocycles. The highest BCUT2D eigenvalue weighted by atomic mass is 16.6. The number of amides is 1. The molecule has 2 aliphatic heterocycles.